The summed E-state index contributed by atoms with van der Waals surface area (Å²) in [6.07, 6.45) is 81.3. The maximum absolute atomic E-state index is 12.9. The molecule has 1 unspecified atom stereocenters. The second-order valence-corrected chi connectivity index (χ2v) is 20.2. The Labute approximate surface area is 451 Å². The van der Waals surface area contributed by atoms with Crippen molar-refractivity contribution in [3.63, 3.8) is 0 Å². The zero-order valence-electron chi connectivity index (χ0n) is 47.9. The molecule has 0 saturated heterocycles. The van der Waals surface area contributed by atoms with Crippen LogP contribution in [0.15, 0.2) is 97.2 Å². The third kappa shape index (κ3) is 59.1. The number of unbranched alkanes of at least 4 members (excludes halogenated alkanes) is 28. The Bertz CT molecular complexity index is 1440. The average Bonchev–Trinajstić information content (AvgIpc) is 3.39. The number of carbonyl (C=O) groups is 3. The number of carbonyl (C=O) groups excluding carboxylic acids is 3. The number of esters is 3. The van der Waals surface area contributed by atoms with E-state index in [0.29, 0.717) is 19.3 Å². The molecule has 0 N–H and O–H groups in total. The molecule has 1 atom stereocenters. The summed E-state index contributed by atoms with van der Waals surface area (Å²) in [5.41, 5.74) is 0. The third-order valence-corrected chi connectivity index (χ3v) is 13.1. The van der Waals surface area contributed by atoms with Crippen LogP contribution in [0.5, 0.6) is 0 Å². The van der Waals surface area contributed by atoms with E-state index in [1.54, 1.807) is 0 Å². The van der Waals surface area contributed by atoms with Crippen molar-refractivity contribution >= 4 is 17.9 Å². The molecule has 0 aliphatic heterocycles. The van der Waals surface area contributed by atoms with Crippen LogP contribution >= 0.6 is 0 Å². The van der Waals surface area contributed by atoms with Gasteiger partial charge in [0, 0.05) is 19.3 Å². The van der Waals surface area contributed by atoms with E-state index in [0.717, 1.165) is 83.5 Å². The Morgan fingerprint density at radius 3 is 0.890 bits per heavy atom. The molecule has 0 aromatic rings. The first kappa shape index (κ1) is 69.3. The topological polar surface area (TPSA) is 78.9 Å². The number of hydrogen-bond acceptors (Lipinski definition) is 6. The predicted molar refractivity (Wildman–Crippen MR) is 316 cm³/mol. The zero-order chi connectivity index (χ0) is 52.9. The van der Waals surface area contributed by atoms with Crippen molar-refractivity contribution in [1.29, 1.82) is 0 Å². The van der Waals surface area contributed by atoms with Crippen LogP contribution in [0.1, 0.15) is 290 Å². The molecule has 0 aliphatic rings. The van der Waals surface area contributed by atoms with Crippen LogP contribution in [0, 0.1) is 0 Å². The Morgan fingerprint density at radius 1 is 0.288 bits per heavy atom. The monoisotopic (exact) mass is 1010 g/mol. The minimum atomic E-state index is -0.820. The van der Waals surface area contributed by atoms with Crippen LogP contribution in [0.4, 0.5) is 0 Å². The molecule has 0 saturated carbocycles. The van der Waals surface area contributed by atoms with Gasteiger partial charge in [-0.25, -0.2) is 0 Å². The van der Waals surface area contributed by atoms with Crippen molar-refractivity contribution < 1.29 is 28.6 Å². The lowest BCUT2D eigenvalue weighted by atomic mass is 10.0. The largest absolute Gasteiger partial charge is 0.462 e. The van der Waals surface area contributed by atoms with Gasteiger partial charge in [-0.05, 0) is 89.9 Å². The van der Waals surface area contributed by atoms with Crippen LogP contribution in [0.2, 0.25) is 0 Å². The molecule has 0 aromatic heterocycles. The first-order chi connectivity index (χ1) is 36.0. The Hall–Kier alpha value is -3.67. The number of allylic oxidation sites excluding steroid dienone is 16. The van der Waals surface area contributed by atoms with Gasteiger partial charge in [0.1, 0.15) is 13.2 Å². The summed E-state index contributed by atoms with van der Waals surface area (Å²) in [5, 5.41) is 0. The number of ether oxygens (including phenoxy) is 3. The van der Waals surface area contributed by atoms with Crippen molar-refractivity contribution in [2.75, 3.05) is 13.2 Å². The van der Waals surface area contributed by atoms with E-state index < -0.39 is 12.1 Å². The Balaban J connectivity index is 4.47. The minimum Gasteiger partial charge on any atom is -0.462 e. The standard InChI is InChI=1S/C67H114O6/c1-4-7-10-13-16-19-22-25-28-30-32-33-35-36-39-42-45-48-51-54-57-60-66(69)72-63-64(62-71-65(68)59-56-53-50-47-44-41-38-27-24-21-18-15-12-9-6-3)73-67(70)61-58-55-52-49-46-43-40-37-34-31-29-26-23-20-17-14-11-8-5-2/h8,11,17,20,22,25-26,29-30,32,34,37,43,46,52,55,64H,4-7,9-10,12-16,18-19,21,23-24,27-28,31,33,35-36,38-42,44-45,47-51,53-54,56-63H2,1-3H3/b11-8-,20-17-,25-22-,29-26-,32-30-,37-34-,46-43-,55-52-. The molecule has 0 radical (unpaired) electrons. The van der Waals surface area contributed by atoms with Crippen LogP contribution in [-0.4, -0.2) is 37.2 Å². The molecule has 0 aliphatic carbocycles. The molecule has 6 nitrogen and oxygen atoms in total. The van der Waals surface area contributed by atoms with Crippen LogP contribution < -0.4 is 0 Å². The normalized spacial score (nSPS) is 12.8. The van der Waals surface area contributed by atoms with E-state index in [4.69, 9.17) is 14.2 Å². The van der Waals surface area contributed by atoms with Gasteiger partial charge in [-0.2, -0.15) is 0 Å². The van der Waals surface area contributed by atoms with E-state index in [-0.39, 0.29) is 31.6 Å². The molecular formula is C67H114O6. The average molecular weight is 1020 g/mol. The maximum Gasteiger partial charge on any atom is 0.306 e. The predicted octanol–water partition coefficient (Wildman–Crippen LogP) is 20.9. The molecule has 0 spiro atoms. The summed E-state index contributed by atoms with van der Waals surface area (Å²) < 4.78 is 16.8. The second kappa shape index (κ2) is 60.9. The summed E-state index contributed by atoms with van der Waals surface area (Å²) >= 11 is 0. The van der Waals surface area contributed by atoms with Crippen LogP contribution in [0.25, 0.3) is 0 Å². The molecule has 6 heteroatoms. The van der Waals surface area contributed by atoms with Crippen molar-refractivity contribution in [3.05, 3.63) is 97.2 Å². The molecule has 0 amide bonds. The fourth-order valence-corrected chi connectivity index (χ4v) is 8.50. The molecular weight excluding hydrogens is 901 g/mol. The van der Waals surface area contributed by atoms with E-state index in [9.17, 15) is 14.4 Å². The van der Waals surface area contributed by atoms with Gasteiger partial charge < -0.3 is 14.2 Å². The summed E-state index contributed by atoms with van der Waals surface area (Å²) in [5.74, 6) is -0.987. The van der Waals surface area contributed by atoms with E-state index >= 15 is 0 Å². The first-order valence-corrected chi connectivity index (χ1v) is 30.7. The van der Waals surface area contributed by atoms with Gasteiger partial charge >= 0.3 is 17.9 Å². The fourth-order valence-electron chi connectivity index (χ4n) is 8.50. The zero-order valence-corrected chi connectivity index (χ0v) is 47.9. The Kier molecular flexibility index (Phi) is 57.8. The van der Waals surface area contributed by atoms with E-state index in [1.807, 2.05) is 6.08 Å². The molecule has 418 valence electrons. The highest BCUT2D eigenvalue weighted by molar-refractivity contribution is 5.71. The lowest BCUT2D eigenvalue weighted by Gasteiger charge is -2.18. The molecule has 0 fully saturated rings. The quantitative estimate of drug-likeness (QED) is 0.0261. The SMILES string of the molecule is CC/C=C\C/C=C\C/C=C\C/C=C\C/C=C\C/C=C\CCC(=O)OC(COC(=O)CCCCCCCCCCC/C=C\C/C=C\CCCCCCC)COC(=O)CCCCCCCCCCCCCCCCC. The van der Waals surface area contributed by atoms with Gasteiger partial charge in [0.15, 0.2) is 6.10 Å². The van der Waals surface area contributed by atoms with Crippen LogP contribution in [-0.2, 0) is 28.6 Å². The van der Waals surface area contributed by atoms with Gasteiger partial charge in [0.2, 0.25) is 0 Å². The molecule has 0 bridgehead atoms. The summed E-state index contributed by atoms with van der Waals surface area (Å²) in [6.45, 7) is 6.48. The van der Waals surface area contributed by atoms with Crippen molar-refractivity contribution in [2.24, 2.45) is 0 Å². The lowest BCUT2D eigenvalue weighted by Crippen LogP contribution is -2.30. The minimum absolute atomic E-state index is 0.107. The highest BCUT2D eigenvalue weighted by atomic mass is 16.6. The smallest absolute Gasteiger partial charge is 0.306 e. The number of hydrogen-bond donors (Lipinski definition) is 0. The maximum atomic E-state index is 12.9. The number of rotatable bonds is 55. The van der Waals surface area contributed by atoms with Crippen molar-refractivity contribution in [1.82, 2.24) is 0 Å². The summed E-state index contributed by atoms with van der Waals surface area (Å²) in [4.78, 5) is 38.2. The van der Waals surface area contributed by atoms with Gasteiger partial charge in [-0.15, -0.1) is 0 Å². The van der Waals surface area contributed by atoms with Gasteiger partial charge in [0.05, 0.1) is 0 Å². The first-order valence-electron chi connectivity index (χ1n) is 30.7. The van der Waals surface area contributed by atoms with Crippen molar-refractivity contribution in [3.8, 4) is 0 Å². The summed E-state index contributed by atoms with van der Waals surface area (Å²) in [7, 11) is 0. The Morgan fingerprint density at radius 2 is 0.562 bits per heavy atom. The molecule has 0 rings (SSSR count). The van der Waals surface area contributed by atoms with Gasteiger partial charge in [0.25, 0.3) is 0 Å². The highest BCUT2D eigenvalue weighted by Crippen LogP contribution is 2.16. The van der Waals surface area contributed by atoms with E-state index in [1.165, 1.54) is 161 Å². The second-order valence-electron chi connectivity index (χ2n) is 20.2. The van der Waals surface area contributed by atoms with Crippen molar-refractivity contribution in [2.45, 2.75) is 297 Å². The molecule has 0 aromatic carbocycles. The fraction of sp³-hybridized carbons (Fsp3) is 0.716. The highest BCUT2D eigenvalue weighted by Gasteiger charge is 2.19. The van der Waals surface area contributed by atoms with E-state index in [2.05, 4.69) is 112 Å². The van der Waals surface area contributed by atoms with Crippen LogP contribution in [0.3, 0.4) is 0 Å². The summed E-state index contributed by atoms with van der Waals surface area (Å²) in [6, 6.07) is 0. The molecule has 0 heterocycles. The third-order valence-electron chi connectivity index (χ3n) is 13.1. The van der Waals surface area contributed by atoms with Gasteiger partial charge in [-0.1, -0.05) is 279 Å². The molecule has 73 heavy (non-hydrogen) atoms. The lowest BCUT2D eigenvalue weighted by molar-refractivity contribution is -0.166. The van der Waals surface area contributed by atoms with Gasteiger partial charge in [-0.3, -0.25) is 14.4 Å².